The van der Waals surface area contributed by atoms with Crippen molar-refractivity contribution in [1.29, 1.82) is 0 Å². The molecule has 142 valence electrons. The van der Waals surface area contributed by atoms with E-state index in [1.54, 1.807) is 18.5 Å². The van der Waals surface area contributed by atoms with Crippen LogP contribution in [0.1, 0.15) is 0 Å². The SMILES string of the molecule is Nc1ncc(-c2cc(N3CCOCC3)sn2)cc1-c1cc2cc[nH]c2nc1F. The Bertz CT molecular complexity index is 1150. The molecule has 5 heterocycles. The summed E-state index contributed by atoms with van der Waals surface area (Å²) in [4.78, 5) is 13.4. The molecular weight excluding hydrogens is 379 g/mol. The molecular formula is C19H17FN6OS. The van der Waals surface area contributed by atoms with Crippen molar-refractivity contribution >= 4 is 33.4 Å². The van der Waals surface area contributed by atoms with E-state index in [-0.39, 0.29) is 5.82 Å². The van der Waals surface area contributed by atoms with Crippen LogP contribution in [0.3, 0.4) is 0 Å². The van der Waals surface area contributed by atoms with Crippen LogP contribution in [0.25, 0.3) is 33.4 Å². The number of nitrogens with zero attached hydrogens (tertiary/aromatic N) is 4. The van der Waals surface area contributed by atoms with E-state index in [1.807, 2.05) is 18.2 Å². The van der Waals surface area contributed by atoms with Gasteiger partial charge in [-0.05, 0) is 29.7 Å². The zero-order valence-corrected chi connectivity index (χ0v) is 15.7. The highest BCUT2D eigenvalue weighted by molar-refractivity contribution is 7.10. The maximum absolute atomic E-state index is 14.6. The molecule has 0 unspecified atom stereocenters. The molecule has 7 nitrogen and oxygen atoms in total. The van der Waals surface area contributed by atoms with Crippen LogP contribution in [-0.2, 0) is 4.74 Å². The van der Waals surface area contributed by atoms with Crippen molar-refractivity contribution in [2.45, 2.75) is 0 Å². The van der Waals surface area contributed by atoms with Gasteiger partial charge < -0.3 is 20.4 Å². The minimum atomic E-state index is -0.590. The fraction of sp³-hybridized carbons (Fsp3) is 0.211. The van der Waals surface area contributed by atoms with Crippen LogP contribution < -0.4 is 10.6 Å². The second-order valence-corrected chi connectivity index (χ2v) is 7.33. The normalized spacial score (nSPS) is 14.7. The number of halogens is 1. The van der Waals surface area contributed by atoms with Crippen LogP contribution in [-0.4, -0.2) is 45.6 Å². The smallest absolute Gasteiger partial charge is 0.222 e. The summed E-state index contributed by atoms with van der Waals surface area (Å²) in [5.41, 5.74) is 8.96. The first-order valence-electron chi connectivity index (χ1n) is 8.88. The number of ether oxygens (including phenoxy) is 1. The lowest BCUT2D eigenvalue weighted by atomic mass is 10.0. The van der Waals surface area contributed by atoms with Gasteiger partial charge in [-0.2, -0.15) is 8.76 Å². The van der Waals surface area contributed by atoms with E-state index in [0.717, 1.165) is 34.7 Å². The van der Waals surface area contributed by atoms with Gasteiger partial charge in [-0.15, -0.1) is 0 Å². The summed E-state index contributed by atoms with van der Waals surface area (Å²) < 4.78 is 24.6. The molecule has 0 atom stereocenters. The third-order valence-corrected chi connectivity index (χ3v) is 5.66. The molecule has 1 aliphatic heterocycles. The molecule has 0 bridgehead atoms. The Morgan fingerprint density at radius 1 is 1.18 bits per heavy atom. The van der Waals surface area contributed by atoms with Gasteiger partial charge in [0, 0.05) is 53.6 Å². The molecule has 1 saturated heterocycles. The molecule has 28 heavy (non-hydrogen) atoms. The second kappa shape index (κ2) is 6.84. The first kappa shape index (κ1) is 17.1. The first-order valence-corrected chi connectivity index (χ1v) is 9.66. The Kier molecular flexibility index (Phi) is 4.18. The van der Waals surface area contributed by atoms with Crippen molar-refractivity contribution in [3.05, 3.63) is 42.6 Å². The molecule has 1 fully saturated rings. The lowest BCUT2D eigenvalue weighted by Crippen LogP contribution is -2.35. The average Bonchev–Trinajstić information content (AvgIpc) is 3.38. The number of rotatable bonds is 3. The van der Waals surface area contributed by atoms with Crippen molar-refractivity contribution in [1.82, 2.24) is 19.3 Å². The van der Waals surface area contributed by atoms with Crippen LogP contribution in [0, 0.1) is 5.95 Å². The van der Waals surface area contributed by atoms with Crippen molar-refractivity contribution in [3.63, 3.8) is 0 Å². The van der Waals surface area contributed by atoms with Gasteiger partial charge in [0.05, 0.1) is 18.9 Å². The highest BCUT2D eigenvalue weighted by atomic mass is 32.1. The first-order chi connectivity index (χ1) is 13.7. The van der Waals surface area contributed by atoms with Gasteiger partial charge in [0.1, 0.15) is 16.5 Å². The number of H-pyrrole nitrogens is 1. The zero-order valence-electron chi connectivity index (χ0n) is 14.9. The number of fused-ring (bicyclic) bond motifs is 1. The standard InChI is InChI=1S/C19H17FN6OS/c20-17-13(7-11-1-2-22-19(11)24-17)14-8-12(10-23-18(14)21)15-9-16(28-25-15)26-3-5-27-6-4-26/h1-2,7-10H,3-6H2,(H2,21,23)(H,22,24). The van der Waals surface area contributed by atoms with Crippen molar-refractivity contribution in [2.24, 2.45) is 0 Å². The maximum atomic E-state index is 14.6. The number of aromatic amines is 1. The van der Waals surface area contributed by atoms with Gasteiger partial charge in [0.2, 0.25) is 5.95 Å². The molecule has 0 radical (unpaired) electrons. The van der Waals surface area contributed by atoms with E-state index in [4.69, 9.17) is 10.5 Å². The molecule has 9 heteroatoms. The van der Waals surface area contributed by atoms with Crippen LogP contribution in [0.4, 0.5) is 15.2 Å². The molecule has 4 aromatic rings. The predicted octanol–water partition coefficient (Wildman–Crippen LogP) is 3.31. The number of hydrogen-bond acceptors (Lipinski definition) is 7. The molecule has 0 aliphatic carbocycles. The van der Waals surface area contributed by atoms with Gasteiger partial charge >= 0.3 is 0 Å². The van der Waals surface area contributed by atoms with E-state index in [1.165, 1.54) is 11.5 Å². The largest absolute Gasteiger partial charge is 0.383 e. The lowest BCUT2D eigenvalue weighted by Gasteiger charge is -2.26. The Morgan fingerprint density at radius 3 is 2.89 bits per heavy atom. The summed E-state index contributed by atoms with van der Waals surface area (Å²) >= 11 is 1.43. The van der Waals surface area contributed by atoms with Crippen LogP contribution in [0.15, 0.2) is 36.7 Å². The zero-order chi connectivity index (χ0) is 19.1. The van der Waals surface area contributed by atoms with Gasteiger partial charge in [-0.1, -0.05) is 0 Å². The second-order valence-electron chi connectivity index (χ2n) is 6.55. The fourth-order valence-corrected chi connectivity index (χ4v) is 4.13. The average molecular weight is 396 g/mol. The number of aromatic nitrogens is 4. The highest BCUT2D eigenvalue weighted by Crippen LogP contribution is 2.34. The summed E-state index contributed by atoms with van der Waals surface area (Å²) in [6.45, 7) is 3.13. The molecule has 3 N–H and O–H groups in total. The third kappa shape index (κ3) is 2.98. The Balaban J connectivity index is 1.54. The van der Waals surface area contributed by atoms with E-state index >= 15 is 0 Å². The molecule has 5 rings (SSSR count). The van der Waals surface area contributed by atoms with Crippen LogP contribution >= 0.6 is 11.5 Å². The molecule has 0 aromatic carbocycles. The molecule has 0 saturated carbocycles. The topological polar surface area (TPSA) is 93.0 Å². The van der Waals surface area contributed by atoms with E-state index < -0.39 is 5.95 Å². The van der Waals surface area contributed by atoms with Crippen LogP contribution in [0.5, 0.6) is 0 Å². The number of morpholine rings is 1. The Labute approximate surface area is 164 Å². The van der Waals surface area contributed by atoms with Gasteiger partial charge in [0.25, 0.3) is 0 Å². The molecule has 0 amide bonds. The summed E-state index contributed by atoms with van der Waals surface area (Å²) in [7, 11) is 0. The predicted molar refractivity (Wildman–Crippen MR) is 108 cm³/mol. The Morgan fingerprint density at radius 2 is 2.04 bits per heavy atom. The van der Waals surface area contributed by atoms with Crippen molar-refractivity contribution in [2.75, 3.05) is 36.9 Å². The molecule has 4 aromatic heterocycles. The monoisotopic (exact) mass is 396 g/mol. The quantitative estimate of drug-likeness (QED) is 0.516. The number of nitrogen functional groups attached to an aromatic ring is 1. The molecule has 1 aliphatic rings. The number of hydrogen-bond donors (Lipinski definition) is 2. The number of pyridine rings is 2. The minimum absolute atomic E-state index is 0.253. The summed E-state index contributed by atoms with van der Waals surface area (Å²) in [5.74, 6) is -0.337. The maximum Gasteiger partial charge on any atom is 0.222 e. The molecule has 0 spiro atoms. The third-order valence-electron chi connectivity index (χ3n) is 4.81. The number of nitrogens with two attached hydrogens (primary N) is 1. The highest BCUT2D eigenvalue weighted by Gasteiger charge is 2.17. The van der Waals surface area contributed by atoms with E-state index in [2.05, 4.69) is 24.2 Å². The van der Waals surface area contributed by atoms with Crippen molar-refractivity contribution in [3.8, 4) is 22.4 Å². The van der Waals surface area contributed by atoms with E-state index in [0.29, 0.717) is 30.0 Å². The van der Waals surface area contributed by atoms with Crippen molar-refractivity contribution < 1.29 is 9.13 Å². The minimum Gasteiger partial charge on any atom is -0.383 e. The Hall–Kier alpha value is -3.04. The summed E-state index contributed by atoms with van der Waals surface area (Å²) in [6.07, 6.45) is 3.39. The van der Waals surface area contributed by atoms with Crippen LogP contribution in [0.2, 0.25) is 0 Å². The number of nitrogens with one attached hydrogen (secondary N) is 1. The lowest BCUT2D eigenvalue weighted by molar-refractivity contribution is 0.123. The van der Waals surface area contributed by atoms with Gasteiger partial charge in [-0.3, -0.25) is 0 Å². The summed E-state index contributed by atoms with van der Waals surface area (Å²) in [6, 6.07) is 7.41. The van der Waals surface area contributed by atoms with Gasteiger partial charge in [0.15, 0.2) is 0 Å². The van der Waals surface area contributed by atoms with E-state index in [9.17, 15) is 4.39 Å². The number of anilines is 2. The van der Waals surface area contributed by atoms with Gasteiger partial charge in [-0.25, -0.2) is 9.97 Å². The summed E-state index contributed by atoms with van der Waals surface area (Å²) in [5, 5.41) is 1.89. The fourth-order valence-electron chi connectivity index (χ4n) is 3.31.